The minimum absolute atomic E-state index is 0.142. The Morgan fingerprint density at radius 3 is 2.38 bits per heavy atom. The molecule has 2 N–H and O–H groups in total. The van der Waals surface area contributed by atoms with E-state index in [0.29, 0.717) is 13.1 Å². The summed E-state index contributed by atoms with van der Waals surface area (Å²) in [6, 6.07) is 14.3. The van der Waals surface area contributed by atoms with Crippen LogP contribution in [0.1, 0.15) is 12.5 Å². The Balaban J connectivity index is 2.36. The monoisotopic (exact) mass is 368 g/mol. The van der Waals surface area contributed by atoms with Crippen LogP contribution < -0.4 is 5.73 Å². The molecule has 0 aliphatic carbocycles. The van der Waals surface area contributed by atoms with Gasteiger partial charge in [-0.3, -0.25) is 0 Å². The van der Waals surface area contributed by atoms with E-state index in [4.69, 9.17) is 5.73 Å². The van der Waals surface area contributed by atoms with Crippen LogP contribution in [0, 0.1) is 0 Å². The number of anilines is 1. The van der Waals surface area contributed by atoms with Gasteiger partial charge in [-0.2, -0.15) is 4.31 Å². The summed E-state index contributed by atoms with van der Waals surface area (Å²) >= 11 is 3.28. The predicted octanol–water partition coefficient (Wildman–Crippen LogP) is 3.24. The Morgan fingerprint density at radius 2 is 1.81 bits per heavy atom. The van der Waals surface area contributed by atoms with Crippen molar-refractivity contribution < 1.29 is 8.42 Å². The second kappa shape index (κ2) is 6.60. The molecule has 0 fully saturated rings. The fraction of sp³-hybridized carbons (Fsp3) is 0.200. The van der Waals surface area contributed by atoms with Crippen molar-refractivity contribution in [3.8, 4) is 0 Å². The topological polar surface area (TPSA) is 63.4 Å². The van der Waals surface area contributed by atoms with Crippen LogP contribution in [0.25, 0.3) is 0 Å². The number of hydrogen-bond donors (Lipinski definition) is 1. The van der Waals surface area contributed by atoms with Gasteiger partial charge in [-0.1, -0.05) is 53.2 Å². The SMILES string of the molecule is CCN(Cc1ccccc1)S(=O)(=O)c1ccc(Br)cc1N. The Labute approximate surface area is 133 Å². The molecule has 4 nitrogen and oxygen atoms in total. The maximum Gasteiger partial charge on any atom is 0.245 e. The molecule has 0 atom stereocenters. The van der Waals surface area contributed by atoms with Gasteiger partial charge in [0.05, 0.1) is 5.69 Å². The summed E-state index contributed by atoms with van der Waals surface area (Å²) in [5, 5.41) is 0. The Bertz CT molecular complexity index is 718. The first-order chi connectivity index (χ1) is 9.95. The standard InChI is InChI=1S/C15H17BrN2O2S/c1-2-18(11-12-6-4-3-5-7-12)21(19,20)15-9-8-13(16)10-14(15)17/h3-10H,2,11,17H2,1H3. The zero-order valence-corrected chi connectivity index (χ0v) is 14.1. The highest BCUT2D eigenvalue weighted by Gasteiger charge is 2.25. The molecule has 0 aliphatic rings. The number of nitrogen functional groups attached to an aromatic ring is 1. The summed E-state index contributed by atoms with van der Waals surface area (Å²) in [6.07, 6.45) is 0. The average molecular weight is 369 g/mol. The molecule has 2 aromatic carbocycles. The molecular formula is C15H17BrN2O2S. The van der Waals surface area contributed by atoms with E-state index in [1.165, 1.54) is 10.4 Å². The summed E-state index contributed by atoms with van der Waals surface area (Å²) in [5.41, 5.74) is 7.05. The molecule has 0 spiro atoms. The highest BCUT2D eigenvalue weighted by atomic mass is 79.9. The van der Waals surface area contributed by atoms with Gasteiger partial charge in [0.1, 0.15) is 4.90 Å². The molecule has 0 amide bonds. The summed E-state index contributed by atoms with van der Waals surface area (Å²) in [4.78, 5) is 0.142. The molecule has 6 heteroatoms. The molecule has 0 saturated carbocycles. The number of hydrogen-bond acceptors (Lipinski definition) is 3. The third kappa shape index (κ3) is 3.64. The lowest BCUT2D eigenvalue weighted by molar-refractivity contribution is 0.423. The summed E-state index contributed by atoms with van der Waals surface area (Å²) < 4.78 is 27.6. The van der Waals surface area contributed by atoms with Gasteiger partial charge in [0.25, 0.3) is 0 Å². The van der Waals surface area contributed by atoms with Gasteiger partial charge in [-0.15, -0.1) is 0 Å². The minimum atomic E-state index is -3.61. The van der Waals surface area contributed by atoms with Gasteiger partial charge in [0, 0.05) is 17.6 Å². The zero-order valence-electron chi connectivity index (χ0n) is 11.7. The molecule has 21 heavy (non-hydrogen) atoms. The van der Waals surface area contributed by atoms with E-state index < -0.39 is 10.0 Å². The van der Waals surface area contributed by atoms with Crippen molar-refractivity contribution in [2.45, 2.75) is 18.4 Å². The normalized spacial score (nSPS) is 11.8. The van der Waals surface area contributed by atoms with Crippen molar-refractivity contribution in [3.05, 3.63) is 58.6 Å². The molecule has 0 saturated heterocycles. The van der Waals surface area contributed by atoms with Crippen molar-refractivity contribution in [2.75, 3.05) is 12.3 Å². The average Bonchev–Trinajstić information content (AvgIpc) is 2.45. The first-order valence-corrected chi connectivity index (χ1v) is 8.77. The van der Waals surface area contributed by atoms with Crippen molar-refractivity contribution in [3.63, 3.8) is 0 Å². The van der Waals surface area contributed by atoms with E-state index in [1.807, 2.05) is 37.3 Å². The van der Waals surface area contributed by atoms with Gasteiger partial charge in [0.2, 0.25) is 10.0 Å². The molecule has 0 unspecified atom stereocenters. The lowest BCUT2D eigenvalue weighted by Gasteiger charge is -2.21. The van der Waals surface area contributed by atoms with Crippen LogP contribution in [-0.4, -0.2) is 19.3 Å². The maximum atomic E-state index is 12.7. The van der Waals surface area contributed by atoms with Crippen molar-refractivity contribution in [1.82, 2.24) is 4.31 Å². The van der Waals surface area contributed by atoms with E-state index in [2.05, 4.69) is 15.9 Å². The largest absolute Gasteiger partial charge is 0.398 e. The van der Waals surface area contributed by atoms with Gasteiger partial charge in [-0.05, 0) is 23.8 Å². The van der Waals surface area contributed by atoms with Gasteiger partial charge in [0.15, 0.2) is 0 Å². The number of halogens is 1. The fourth-order valence-electron chi connectivity index (χ4n) is 2.05. The molecule has 0 aliphatic heterocycles. The highest BCUT2D eigenvalue weighted by Crippen LogP contribution is 2.26. The Morgan fingerprint density at radius 1 is 1.14 bits per heavy atom. The van der Waals surface area contributed by atoms with E-state index in [9.17, 15) is 8.42 Å². The van der Waals surface area contributed by atoms with E-state index in [-0.39, 0.29) is 10.6 Å². The van der Waals surface area contributed by atoms with Crippen LogP contribution in [-0.2, 0) is 16.6 Å². The quantitative estimate of drug-likeness (QED) is 0.823. The van der Waals surface area contributed by atoms with Crippen LogP contribution in [0.4, 0.5) is 5.69 Å². The van der Waals surface area contributed by atoms with E-state index >= 15 is 0 Å². The molecular weight excluding hydrogens is 352 g/mol. The first kappa shape index (κ1) is 16.0. The number of nitrogens with zero attached hydrogens (tertiary/aromatic N) is 1. The minimum Gasteiger partial charge on any atom is -0.398 e. The fourth-order valence-corrected chi connectivity index (χ4v) is 3.96. The second-order valence-corrected chi connectivity index (χ2v) is 7.42. The third-order valence-corrected chi connectivity index (χ3v) is 5.63. The summed E-state index contributed by atoms with van der Waals surface area (Å²) in [5.74, 6) is 0. The van der Waals surface area contributed by atoms with Crippen LogP contribution in [0.5, 0.6) is 0 Å². The Hall–Kier alpha value is -1.37. The number of sulfonamides is 1. The van der Waals surface area contributed by atoms with Crippen LogP contribution in [0.15, 0.2) is 57.9 Å². The van der Waals surface area contributed by atoms with Gasteiger partial charge < -0.3 is 5.73 Å². The zero-order chi connectivity index (χ0) is 15.5. The molecule has 112 valence electrons. The molecule has 0 radical (unpaired) electrons. The first-order valence-electron chi connectivity index (χ1n) is 6.54. The lowest BCUT2D eigenvalue weighted by Crippen LogP contribution is -2.31. The number of nitrogens with two attached hydrogens (primary N) is 1. The van der Waals surface area contributed by atoms with Gasteiger partial charge >= 0.3 is 0 Å². The van der Waals surface area contributed by atoms with Crippen LogP contribution in [0.2, 0.25) is 0 Å². The summed E-state index contributed by atoms with van der Waals surface area (Å²) in [6.45, 7) is 2.53. The van der Waals surface area contributed by atoms with Crippen molar-refractivity contribution in [2.24, 2.45) is 0 Å². The number of benzene rings is 2. The Kier molecular flexibility index (Phi) is 5.03. The highest BCUT2D eigenvalue weighted by molar-refractivity contribution is 9.10. The maximum absolute atomic E-state index is 12.7. The second-order valence-electron chi connectivity index (χ2n) is 4.60. The molecule has 2 aromatic rings. The molecule has 0 aromatic heterocycles. The number of rotatable bonds is 5. The molecule has 0 bridgehead atoms. The van der Waals surface area contributed by atoms with Crippen LogP contribution >= 0.6 is 15.9 Å². The van der Waals surface area contributed by atoms with E-state index in [0.717, 1.165) is 10.0 Å². The van der Waals surface area contributed by atoms with Crippen molar-refractivity contribution in [1.29, 1.82) is 0 Å². The third-order valence-electron chi connectivity index (χ3n) is 3.14. The van der Waals surface area contributed by atoms with Crippen LogP contribution in [0.3, 0.4) is 0 Å². The van der Waals surface area contributed by atoms with Crippen molar-refractivity contribution >= 4 is 31.6 Å². The summed E-state index contributed by atoms with van der Waals surface area (Å²) in [7, 11) is -3.61. The van der Waals surface area contributed by atoms with Gasteiger partial charge in [-0.25, -0.2) is 8.42 Å². The van der Waals surface area contributed by atoms with E-state index in [1.54, 1.807) is 12.1 Å². The lowest BCUT2D eigenvalue weighted by atomic mass is 10.2. The molecule has 2 rings (SSSR count). The smallest absolute Gasteiger partial charge is 0.245 e. The predicted molar refractivity (Wildman–Crippen MR) is 88.3 cm³/mol. The molecule has 0 heterocycles.